The second-order valence-electron chi connectivity index (χ2n) is 9.17. The summed E-state index contributed by atoms with van der Waals surface area (Å²) in [5.74, 6) is -0.369. The molecule has 1 aromatic rings. The van der Waals surface area contributed by atoms with Gasteiger partial charge in [0, 0.05) is 32.0 Å². The molecular formula is C25H37N3O5. The summed E-state index contributed by atoms with van der Waals surface area (Å²) in [5.41, 5.74) is 3.02. The molecule has 1 aromatic carbocycles. The molecule has 2 amide bonds. The van der Waals surface area contributed by atoms with Crippen LogP contribution in [0.2, 0.25) is 0 Å². The van der Waals surface area contributed by atoms with E-state index in [9.17, 15) is 9.59 Å². The van der Waals surface area contributed by atoms with Crippen LogP contribution in [-0.4, -0.2) is 62.8 Å². The third-order valence-corrected chi connectivity index (χ3v) is 5.29. The number of urea groups is 1. The van der Waals surface area contributed by atoms with Crippen molar-refractivity contribution >= 4 is 17.7 Å². The molecule has 1 saturated heterocycles. The van der Waals surface area contributed by atoms with Crippen molar-refractivity contribution in [3.8, 4) is 0 Å². The molecule has 0 saturated carbocycles. The van der Waals surface area contributed by atoms with E-state index in [0.29, 0.717) is 24.5 Å². The van der Waals surface area contributed by atoms with Crippen molar-refractivity contribution in [2.75, 3.05) is 27.4 Å². The Morgan fingerprint density at radius 2 is 1.79 bits per heavy atom. The Balaban J connectivity index is 2.00. The maximum atomic E-state index is 12.5. The number of benzene rings is 1. The van der Waals surface area contributed by atoms with E-state index in [1.54, 1.807) is 26.3 Å². The number of ether oxygens (including phenoxy) is 3. The number of hydrogen-bond acceptors (Lipinski definition) is 6. The molecular weight excluding hydrogens is 422 g/mol. The van der Waals surface area contributed by atoms with E-state index in [2.05, 4.69) is 15.6 Å². The van der Waals surface area contributed by atoms with E-state index in [4.69, 9.17) is 14.2 Å². The lowest BCUT2D eigenvalue weighted by Gasteiger charge is -2.19. The maximum absolute atomic E-state index is 12.5. The van der Waals surface area contributed by atoms with E-state index < -0.39 is 5.60 Å². The van der Waals surface area contributed by atoms with Crippen LogP contribution in [0.4, 0.5) is 4.79 Å². The molecule has 182 valence electrons. The molecule has 0 spiro atoms. The van der Waals surface area contributed by atoms with Crippen LogP contribution in [-0.2, 0) is 14.2 Å². The van der Waals surface area contributed by atoms with E-state index in [1.807, 2.05) is 46.8 Å². The molecule has 1 unspecified atom stereocenters. The van der Waals surface area contributed by atoms with Crippen LogP contribution in [0.25, 0.3) is 0 Å². The molecule has 1 aliphatic rings. The Labute approximate surface area is 196 Å². The van der Waals surface area contributed by atoms with Gasteiger partial charge in [-0.25, -0.2) is 9.59 Å². The van der Waals surface area contributed by atoms with Crippen molar-refractivity contribution in [1.82, 2.24) is 10.6 Å². The Bertz CT molecular complexity index is 884. The Morgan fingerprint density at radius 1 is 1.15 bits per heavy atom. The zero-order valence-corrected chi connectivity index (χ0v) is 20.8. The van der Waals surface area contributed by atoms with Gasteiger partial charge in [-0.2, -0.15) is 0 Å². The van der Waals surface area contributed by atoms with Crippen molar-refractivity contribution in [3.63, 3.8) is 0 Å². The molecule has 2 N–H and O–H groups in total. The second kappa shape index (κ2) is 12.0. The Kier molecular flexibility index (Phi) is 9.61. The van der Waals surface area contributed by atoms with Gasteiger partial charge in [0.15, 0.2) is 0 Å². The molecule has 33 heavy (non-hydrogen) atoms. The number of methoxy groups -OCH3 is 1. The molecule has 0 aliphatic carbocycles. The van der Waals surface area contributed by atoms with Crippen LogP contribution in [0.3, 0.4) is 0 Å². The fourth-order valence-corrected chi connectivity index (χ4v) is 3.53. The number of hydrogen-bond donors (Lipinski definition) is 2. The summed E-state index contributed by atoms with van der Waals surface area (Å²) in [6.45, 7) is 10.4. The molecule has 8 nitrogen and oxygen atoms in total. The molecule has 8 heteroatoms. The summed E-state index contributed by atoms with van der Waals surface area (Å²) in [4.78, 5) is 29.1. The lowest BCUT2D eigenvalue weighted by Crippen LogP contribution is -2.42. The number of carbonyl (C=O) groups excluding carboxylic acids is 2. The number of rotatable bonds is 8. The molecule has 0 bridgehead atoms. The van der Waals surface area contributed by atoms with E-state index in [-0.39, 0.29) is 24.1 Å². The average molecular weight is 460 g/mol. The van der Waals surface area contributed by atoms with E-state index >= 15 is 0 Å². The smallest absolute Gasteiger partial charge is 0.338 e. The first-order valence-electron chi connectivity index (χ1n) is 11.2. The molecule has 1 heterocycles. The molecule has 2 atom stereocenters. The van der Waals surface area contributed by atoms with Crippen LogP contribution in [0, 0.1) is 0 Å². The molecule has 2 rings (SSSR count). The highest BCUT2D eigenvalue weighted by molar-refractivity contribution is 6.13. The Hall–Kier alpha value is -2.71. The maximum Gasteiger partial charge on any atom is 0.338 e. The summed E-state index contributed by atoms with van der Waals surface area (Å²) in [5, 5.41) is 5.86. The van der Waals surface area contributed by atoms with Crippen molar-refractivity contribution in [1.29, 1.82) is 0 Å². The van der Waals surface area contributed by atoms with Gasteiger partial charge in [-0.05, 0) is 65.2 Å². The number of carbonyl (C=O) groups is 2. The fraction of sp³-hybridized carbons (Fsp3) is 0.560. The van der Waals surface area contributed by atoms with Crippen LogP contribution in [0.15, 0.2) is 40.5 Å². The summed E-state index contributed by atoms with van der Waals surface area (Å²) in [7, 11) is 3.36. The zero-order valence-electron chi connectivity index (χ0n) is 20.8. The topological polar surface area (TPSA) is 98.3 Å². The SMILES string of the molecule is CN=C(/C(C)=C(\C)NC(=O)N[C@H]1COC(CCOC)C1)c1ccc(C(=O)OC(C)(C)C)cc1. The predicted molar refractivity (Wildman–Crippen MR) is 129 cm³/mol. The van der Waals surface area contributed by atoms with Gasteiger partial charge >= 0.3 is 12.0 Å². The van der Waals surface area contributed by atoms with Crippen molar-refractivity contribution in [2.45, 2.75) is 65.2 Å². The van der Waals surface area contributed by atoms with Crippen molar-refractivity contribution in [2.24, 2.45) is 4.99 Å². The first kappa shape index (κ1) is 26.5. The third-order valence-electron chi connectivity index (χ3n) is 5.29. The van der Waals surface area contributed by atoms with Crippen molar-refractivity contribution < 1.29 is 23.8 Å². The fourth-order valence-electron chi connectivity index (χ4n) is 3.53. The molecule has 0 radical (unpaired) electrons. The number of aliphatic imine (C=N–C) groups is 1. The third kappa shape index (κ3) is 8.29. The minimum atomic E-state index is -0.552. The molecule has 1 fully saturated rings. The minimum Gasteiger partial charge on any atom is -0.456 e. The molecule has 0 aromatic heterocycles. The predicted octanol–water partition coefficient (Wildman–Crippen LogP) is 3.85. The van der Waals surface area contributed by atoms with Gasteiger partial charge in [0.1, 0.15) is 5.60 Å². The summed E-state index contributed by atoms with van der Waals surface area (Å²) < 4.78 is 16.2. The van der Waals surface area contributed by atoms with Gasteiger partial charge in [-0.15, -0.1) is 0 Å². The van der Waals surface area contributed by atoms with E-state index in [1.165, 1.54) is 0 Å². The monoisotopic (exact) mass is 459 g/mol. The minimum absolute atomic E-state index is 0.0281. The van der Waals surface area contributed by atoms with Crippen molar-refractivity contribution in [3.05, 3.63) is 46.7 Å². The van der Waals surface area contributed by atoms with Crippen LogP contribution in [0.5, 0.6) is 0 Å². The van der Waals surface area contributed by atoms with Gasteiger partial charge < -0.3 is 24.8 Å². The lowest BCUT2D eigenvalue weighted by atomic mass is 10.0. The van der Waals surface area contributed by atoms with Gasteiger partial charge in [-0.1, -0.05) is 12.1 Å². The van der Waals surface area contributed by atoms with E-state index in [0.717, 1.165) is 29.7 Å². The highest BCUT2D eigenvalue weighted by Crippen LogP contribution is 2.18. The normalized spacial score (nSPS) is 19.7. The first-order valence-corrected chi connectivity index (χ1v) is 11.2. The Morgan fingerprint density at radius 3 is 2.36 bits per heavy atom. The number of esters is 1. The zero-order chi connectivity index (χ0) is 24.6. The summed E-state index contributed by atoms with van der Waals surface area (Å²) in [6.07, 6.45) is 1.69. The number of allylic oxidation sites excluding steroid dienone is 2. The highest BCUT2D eigenvalue weighted by Gasteiger charge is 2.26. The van der Waals surface area contributed by atoms with Gasteiger partial charge in [0.05, 0.1) is 30.0 Å². The van der Waals surface area contributed by atoms with Gasteiger partial charge in [-0.3, -0.25) is 4.99 Å². The largest absolute Gasteiger partial charge is 0.456 e. The second-order valence-corrected chi connectivity index (χ2v) is 9.17. The first-order chi connectivity index (χ1) is 15.5. The number of nitrogens with zero attached hydrogens (tertiary/aromatic N) is 1. The van der Waals surface area contributed by atoms with Crippen LogP contribution in [0.1, 0.15) is 63.4 Å². The number of nitrogens with one attached hydrogen (secondary N) is 2. The van der Waals surface area contributed by atoms with Gasteiger partial charge in [0.2, 0.25) is 0 Å². The molecule has 1 aliphatic heterocycles. The quantitative estimate of drug-likeness (QED) is 0.455. The standard InChI is InChI=1S/C25H37N3O5/c1-16(17(2)27-24(30)28-20-14-21(32-15-20)12-13-31-7)22(26-6)18-8-10-19(11-9-18)23(29)33-25(3,4)5/h8-11,20-21H,12-15H2,1-7H3,(H2,27,28,30)/b17-16+,26-22?/t20-,21?/m1/s1. The summed E-state index contributed by atoms with van der Waals surface area (Å²) in [6, 6.07) is 6.79. The van der Waals surface area contributed by atoms with Crippen LogP contribution >= 0.6 is 0 Å². The summed E-state index contributed by atoms with van der Waals surface area (Å²) >= 11 is 0. The average Bonchev–Trinajstić information content (AvgIpc) is 3.18. The lowest BCUT2D eigenvalue weighted by molar-refractivity contribution is 0.00694. The van der Waals surface area contributed by atoms with Gasteiger partial charge in [0.25, 0.3) is 0 Å². The number of amides is 2. The van der Waals surface area contributed by atoms with Crippen LogP contribution < -0.4 is 10.6 Å². The highest BCUT2D eigenvalue weighted by atomic mass is 16.6.